The molecule has 2 nitrogen and oxygen atoms in total. The third-order valence-electron chi connectivity index (χ3n) is 9.98. The molecular weight excluding hydrogens is 593 g/mol. The molecule has 9 aromatic carbocycles. The highest BCUT2D eigenvalue weighted by Gasteiger charge is 2.20. The van der Waals surface area contributed by atoms with Crippen molar-refractivity contribution in [3.05, 3.63) is 182 Å². The molecule has 1 aromatic heterocycles. The fourth-order valence-electron chi connectivity index (χ4n) is 7.83. The predicted octanol–water partition coefficient (Wildman–Crippen LogP) is 12.6. The topological polar surface area (TPSA) is 17.8 Å². The largest absolute Gasteiger partial charge is 0.292 e. The van der Waals surface area contributed by atoms with E-state index >= 15 is 0 Å². The summed E-state index contributed by atoms with van der Waals surface area (Å²) in [5, 5.41) is 10.1. The lowest BCUT2D eigenvalue weighted by Crippen LogP contribution is -1.97. The quantitative estimate of drug-likeness (QED) is 0.141. The van der Waals surface area contributed by atoms with E-state index < -0.39 is 0 Å². The van der Waals surface area contributed by atoms with Gasteiger partial charge in [-0.15, -0.1) is 0 Å². The third-order valence-corrected chi connectivity index (χ3v) is 9.98. The molecule has 10 aromatic rings. The van der Waals surface area contributed by atoms with Gasteiger partial charge in [0.1, 0.15) is 5.82 Å². The van der Waals surface area contributed by atoms with Crippen LogP contribution in [0.2, 0.25) is 0 Å². The molecule has 0 aliphatic carbocycles. The van der Waals surface area contributed by atoms with Crippen molar-refractivity contribution in [1.82, 2.24) is 9.55 Å². The molecule has 0 saturated carbocycles. The van der Waals surface area contributed by atoms with E-state index in [-0.39, 0.29) is 0 Å². The van der Waals surface area contributed by atoms with E-state index in [4.69, 9.17) is 4.98 Å². The molecule has 0 fully saturated rings. The first-order chi connectivity index (χ1) is 24.3. The Hall–Kier alpha value is -6.51. The van der Waals surface area contributed by atoms with E-state index in [0.29, 0.717) is 0 Å². The highest BCUT2D eigenvalue weighted by Crippen LogP contribution is 2.46. The van der Waals surface area contributed by atoms with E-state index in [2.05, 4.69) is 187 Å². The number of nitrogens with zero attached hydrogens (tertiary/aromatic N) is 2. The van der Waals surface area contributed by atoms with Gasteiger partial charge in [-0.05, 0) is 95.7 Å². The minimum absolute atomic E-state index is 0.937. The molecule has 0 bridgehead atoms. The predicted molar refractivity (Wildman–Crippen MR) is 207 cm³/mol. The van der Waals surface area contributed by atoms with Crippen molar-refractivity contribution >= 4 is 54.1 Å². The highest BCUT2D eigenvalue weighted by atomic mass is 15.1. The van der Waals surface area contributed by atoms with Crippen molar-refractivity contribution in [3.8, 4) is 39.3 Å². The molecule has 0 atom stereocenters. The lowest BCUT2D eigenvalue weighted by molar-refractivity contribution is 1.10. The summed E-state index contributed by atoms with van der Waals surface area (Å²) in [4.78, 5) is 5.12. The van der Waals surface area contributed by atoms with Crippen molar-refractivity contribution in [3.63, 3.8) is 0 Å². The number of imidazole rings is 1. The lowest BCUT2D eigenvalue weighted by Gasteiger charge is -2.19. The molecule has 228 valence electrons. The first-order valence-corrected chi connectivity index (χ1v) is 16.8. The van der Waals surface area contributed by atoms with Gasteiger partial charge < -0.3 is 0 Å². The number of hydrogen-bond donors (Lipinski definition) is 0. The van der Waals surface area contributed by atoms with Crippen LogP contribution in [0.3, 0.4) is 0 Å². The molecule has 0 N–H and O–H groups in total. The van der Waals surface area contributed by atoms with Crippen molar-refractivity contribution in [2.75, 3.05) is 0 Å². The summed E-state index contributed by atoms with van der Waals surface area (Å²) >= 11 is 0. The lowest BCUT2D eigenvalue weighted by atomic mass is 9.84. The van der Waals surface area contributed by atoms with Gasteiger partial charge in [-0.3, -0.25) is 4.57 Å². The van der Waals surface area contributed by atoms with Crippen LogP contribution in [0.4, 0.5) is 0 Å². The monoisotopic (exact) mass is 622 g/mol. The van der Waals surface area contributed by atoms with Gasteiger partial charge in [-0.1, -0.05) is 152 Å². The summed E-state index contributed by atoms with van der Waals surface area (Å²) in [5.41, 5.74) is 9.26. The first-order valence-electron chi connectivity index (χ1n) is 16.8. The van der Waals surface area contributed by atoms with Crippen LogP contribution in [0.15, 0.2) is 182 Å². The summed E-state index contributed by atoms with van der Waals surface area (Å²) in [7, 11) is 0. The molecule has 49 heavy (non-hydrogen) atoms. The number of rotatable bonds is 4. The second-order valence-corrected chi connectivity index (χ2v) is 12.7. The van der Waals surface area contributed by atoms with Crippen molar-refractivity contribution in [2.45, 2.75) is 0 Å². The molecule has 0 radical (unpaired) electrons. The van der Waals surface area contributed by atoms with Gasteiger partial charge in [0.2, 0.25) is 0 Å². The van der Waals surface area contributed by atoms with Gasteiger partial charge in [0.05, 0.1) is 11.0 Å². The number of fused-ring (bicyclic) bond motifs is 6. The molecule has 0 amide bonds. The molecule has 0 unspecified atom stereocenters. The fourth-order valence-corrected chi connectivity index (χ4v) is 7.83. The van der Waals surface area contributed by atoms with Gasteiger partial charge in [-0.2, -0.15) is 0 Å². The Kier molecular flexibility index (Phi) is 6.22. The van der Waals surface area contributed by atoms with Crippen molar-refractivity contribution < 1.29 is 0 Å². The maximum Gasteiger partial charge on any atom is 0.145 e. The molecule has 0 spiro atoms. The van der Waals surface area contributed by atoms with E-state index in [1.165, 1.54) is 65.3 Å². The fraction of sp³-hybridized carbons (Fsp3) is 0. The Bertz CT molecular complexity index is 2800. The van der Waals surface area contributed by atoms with Gasteiger partial charge in [0, 0.05) is 11.3 Å². The second-order valence-electron chi connectivity index (χ2n) is 12.7. The Morgan fingerprint density at radius 2 is 0.878 bits per heavy atom. The van der Waals surface area contributed by atoms with Crippen LogP contribution >= 0.6 is 0 Å². The molecular formula is C47H30N2. The number of para-hydroxylation sites is 3. The first kappa shape index (κ1) is 27.6. The highest BCUT2D eigenvalue weighted by molar-refractivity contribution is 6.25. The van der Waals surface area contributed by atoms with E-state index in [1.807, 2.05) is 0 Å². The van der Waals surface area contributed by atoms with Crippen molar-refractivity contribution in [2.24, 2.45) is 0 Å². The normalized spacial score (nSPS) is 11.7. The van der Waals surface area contributed by atoms with E-state index in [0.717, 1.165) is 28.1 Å². The average molecular weight is 623 g/mol. The van der Waals surface area contributed by atoms with Gasteiger partial charge >= 0.3 is 0 Å². The number of aromatic nitrogens is 2. The number of benzene rings is 9. The van der Waals surface area contributed by atoms with Crippen LogP contribution in [0.5, 0.6) is 0 Å². The minimum atomic E-state index is 0.937. The Morgan fingerprint density at radius 1 is 0.367 bits per heavy atom. The van der Waals surface area contributed by atoms with Crippen LogP contribution in [-0.4, -0.2) is 9.55 Å². The van der Waals surface area contributed by atoms with E-state index in [1.54, 1.807) is 0 Å². The zero-order valence-electron chi connectivity index (χ0n) is 26.7. The van der Waals surface area contributed by atoms with Crippen molar-refractivity contribution in [1.29, 1.82) is 0 Å². The van der Waals surface area contributed by atoms with Crippen LogP contribution in [0.1, 0.15) is 0 Å². The number of hydrogen-bond acceptors (Lipinski definition) is 1. The minimum Gasteiger partial charge on any atom is -0.292 e. The Morgan fingerprint density at radius 3 is 1.57 bits per heavy atom. The zero-order valence-corrected chi connectivity index (χ0v) is 26.7. The van der Waals surface area contributed by atoms with E-state index in [9.17, 15) is 0 Å². The maximum absolute atomic E-state index is 5.12. The summed E-state index contributed by atoms with van der Waals surface area (Å²) in [6.07, 6.45) is 0. The Labute approximate surface area is 284 Å². The molecule has 2 heteroatoms. The molecule has 10 rings (SSSR count). The summed E-state index contributed by atoms with van der Waals surface area (Å²) in [5.74, 6) is 0.937. The summed E-state index contributed by atoms with van der Waals surface area (Å²) in [6, 6.07) is 65.7. The van der Waals surface area contributed by atoms with Gasteiger partial charge in [-0.25, -0.2) is 4.98 Å². The summed E-state index contributed by atoms with van der Waals surface area (Å²) < 4.78 is 2.26. The third kappa shape index (κ3) is 4.31. The molecule has 1 heterocycles. The van der Waals surface area contributed by atoms with Crippen LogP contribution in [0, 0.1) is 0 Å². The molecule has 0 aliphatic rings. The van der Waals surface area contributed by atoms with Crippen LogP contribution < -0.4 is 0 Å². The maximum atomic E-state index is 5.12. The van der Waals surface area contributed by atoms with Gasteiger partial charge in [0.15, 0.2) is 0 Å². The smallest absolute Gasteiger partial charge is 0.145 e. The van der Waals surface area contributed by atoms with Gasteiger partial charge in [0.25, 0.3) is 0 Å². The SMILES string of the molecule is c1ccc(-n2c(-c3ccc(-c4c5ccccc5c(-c5cc6ccccc6c6ccccc56)c5ccccc45)cc3)nc3ccccc32)cc1. The Balaban J connectivity index is 1.21. The zero-order chi connectivity index (χ0) is 32.3. The standard InChI is InChI=1S/C47H30N2/c1-2-15-34(16-3-1)49-44-25-13-12-24-43(44)48-47(49)32-28-26-31(27-29-32)45-38-20-8-10-22-40(38)46(41-23-11-9-21-39(41)45)42-30-33-14-4-5-17-35(33)36-18-6-7-19-37(36)42/h1-30H. The second kappa shape index (κ2) is 11.0. The van der Waals surface area contributed by atoms with Crippen LogP contribution in [-0.2, 0) is 0 Å². The molecule has 0 saturated heterocycles. The molecule has 0 aliphatic heterocycles. The average Bonchev–Trinajstić information content (AvgIpc) is 3.57. The summed E-state index contributed by atoms with van der Waals surface area (Å²) in [6.45, 7) is 0. The van der Waals surface area contributed by atoms with Crippen LogP contribution in [0.25, 0.3) is 93.5 Å².